The number of likely N-dealkylation sites (N-methyl/N-ethyl adjacent to an activating group) is 1. The Morgan fingerprint density at radius 2 is 2.24 bits per heavy atom. The Hall–Kier alpha value is -0.450. The molecule has 1 aliphatic carbocycles. The Kier molecular flexibility index (Phi) is 4.54. The van der Waals surface area contributed by atoms with Crippen molar-refractivity contribution in [2.75, 3.05) is 13.6 Å². The van der Waals surface area contributed by atoms with Crippen molar-refractivity contribution in [1.82, 2.24) is 9.88 Å². The number of rotatable bonds is 5. The monoisotopic (exact) mass is 253 g/mol. The summed E-state index contributed by atoms with van der Waals surface area (Å²) in [6.07, 6.45) is 5.46. The fourth-order valence-electron chi connectivity index (χ4n) is 2.93. The molecule has 0 amide bonds. The van der Waals surface area contributed by atoms with Gasteiger partial charge in [0.05, 0.1) is 10.7 Å². The number of nitrogens with two attached hydrogens (primary N) is 1. The fraction of sp³-hybridized carbons (Fsp3) is 0.769. The first-order chi connectivity index (χ1) is 8.20. The molecule has 1 heterocycles. The molecule has 1 unspecified atom stereocenters. The van der Waals surface area contributed by atoms with E-state index in [2.05, 4.69) is 29.2 Å². The lowest BCUT2D eigenvalue weighted by Gasteiger charge is -2.31. The zero-order chi connectivity index (χ0) is 12.3. The molecular weight excluding hydrogens is 230 g/mol. The van der Waals surface area contributed by atoms with Gasteiger partial charge < -0.3 is 5.73 Å². The van der Waals surface area contributed by atoms with Gasteiger partial charge in [-0.25, -0.2) is 4.98 Å². The van der Waals surface area contributed by atoms with Crippen molar-refractivity contribution in [2.45, 2.75) is 45.2 Å². The molecule has 17 heavy (non-hydrogen) atoms. The molecule has 0 bridgehead atoms. The molecule has 0 aromatic carbocycles. The second-order valence-corrected chi connectivity index (χ2v) is 6.18. The van der Waals surface area contributed by atoms with Crippen LogP contribution < -0.4 is 5.73 Å². The topological polar surface area (TPSA) is 42.2 Å². The van der Waals surface area contributed by atoms with Crippen molar-refractivity contribution in [3.05, 3.63) is 16.1 Å². The number of aryl methyl sites for hydroxylation is 1. The molecule has 0 saturated heterocycles. The van der Waals surface area contributed by atoms with Crippen LogP contribution in [0.1, 0.15) is 36.4 Å². The van der Waals surface area contributed by atoms with E-state index in [9.17, 15) is 0 Å². The van der Waals surface area contributed by atoms with Gasteiger partial charge >= 0.3 is 0 Å². The average molecular weight is 253 g/mol. The van der Waals surface area contributed by atoms with E-state index in [4.69, 9.17) is 5.73 Å². The molecular formula is C13H23N3S. The van der Waals surface area contributed by atoms with Gasteiger partial charge in [0.2, 0.25) is 0 Å². The summed E-state index contributed by atoms with van der Waals surface area (Å²) in [5.41, 5.74) is 7.14. The highest BCUT2D eigenvalue weighted by molar-refractivity contribution is 7.09. The van der Waals surface area contributed by atoms with Crippen LogP contribution in [0, 0.1) is 12.8 Å². The Bertz CT molecular complexity index is 344. The number of thiazole rings is 1. The minimum atomic E-state index is 0.527. The quantitative estimate of drug-likeness (QED) is 0.876. The van der Waals surface area contributed by atoms with Gasteiger partial charge in [-0.3, -0.25) is 4.90 Å². The van der Waals surface area contributed by atoms with Crippen LogP contribution in [0.25, 0.3) is 0 Å². The van der Waals surface area contributed by atoms with Gasteiger partial charge in [0.15, 0.2) is 0 Å². The van der Waals surface area contributed by atoms with Gasteiger partial charge in [0.1, 0.15) is 0 Å². The van der Waals surface area contributed by atoms with Crippen LogP contribution in [-0.2, 0) is 6.54 Å². The summed E-state index contributed by atoms with van der Waals surface area (Å²) in [7, 11) is 2.19. The van der Waals surface area contributed by atoms with Crippen molar-refractivity contribution in [3.63, 3.8) is 0 Å². The predicted molar refractivity (Wildman–Crippen MR) is 73.1 cm³/mol. The average Bonchev–Trinajstić information content (AvgIpc) is 2.92. The lowest BCUT2D eigenvalue weighted by Crippen LogP contribution is -2.42. The number of hydrogen-bond donors (Lipinski definition) is 1. The van der Waals surface area contributed by atoms with Crippen molar-refractivity contribution in [2.24, 2.45) is 11.7 Å². The van der Waals surface area contributed by atoms with Crippen LogP contribution in [0.4, 0.5) is 0 Å². The first kappa shape index (κ1) is 13.0. The van der Waals surface area contributed by atoms with E-state index in [1.54, 1.807) is 11.3 Å². The standard InChI is InChI=1S/C13H23N3S/c1-10-15-12(9-17-10)8-16(2)13(7-14)11-5-3-4-6-11/h9,11,13H,3-8,14H2,1-2H3. The van der Waals surface area contributed by atoms with Crippen molar-refractivity contribution in [1.29, 1.82) is 0 Å². The van der Waals surface area contributed by atoms with Crippen LogP contribution in [0.2, 0.25) is 0 Å². The van der Waals surface area contributed by atoms with Gasteiger partial charge in [-0.15, -0.1) is 11.3 Å². The summed E-state index contributed by atoms with van der Waals surface area (Å²) < 4.78 is 0. The Balaban J connectivity index is 1.94. The van der Waals surface area contributed by atoms with Crippen LogP contribution in [0.5, 0.6) is 0 Å². The molecule has 96 valence electrons. The minimum Gasteiger partial charge on any atom is -0.329 e. The minimum absolute atomic E-state index is 0.527. The maximum absolute atomic E-state index is 5.95. The molecule has 1 aromatic heterocycles. The normalized spacial score (nSPS) is 19.1. The van der Waals surface area contributed by atoms with E-state index in [1.807, 2.05) is 0 Å². The van der Waals surface area contributed by atoms with Crippen LogP contribution in [0.3, 0.4) is 0 Å². The van der Waals surface area contributed by atoms with Crippen LogP contribution in [0.15, 0.2) is 5.38 Å². The summed E-state index contributed by atoms with van der Waals surface area (Å²) in [6.45, 7) is 3.76. The lowest BCUT2D eigenvalue weighted by atomic mass is 9.97. The molecule has 3 nitrogen and oxygen atoms in total. The van der Waals surface area contributed by atoms with Gasteiger partial charge in [0, 0.05) is 24.5 Å². The smallest absolute Gasteiger partial charge is 0.0897 e. The first-order valence-electron chi connectivity index (χ1n) is 6.52. The largest absolute Gasteiger partial charge is 0.329 e. The molecule has 0 radical (unpaired) electrons. The van der Waals surface area contributed by atoms with E-state index < -0.39 is 0 Å². The summed E-state index contributed by atoms with van der Waals surface area (Å²) in [4.78, 5) is 6.92. The number of aromatic nitrogens is 1. The van der Waals surface area contributed by atoms with Gasteiger partial charge in [-0.05, 0) is 32.7 Å². The van der Waals surface area contributed by atoms with E-state index >= 15 is 0 Å². The lowest BCUT2D eigenvalue weighted by molar-refractivity contribution is 0.173. The van der Waals surface area contributed by atoms with E-state index in [1.165, 1.54) is 31.4 Å². The first-order valence-corrected chi connectivity index (χ1v) is 7.40. The summed E-state index contributed by atoms with van der Waals surface area (Å²) >= 11 is 1.73. The van der Waals surface area contributed by atoms with Gasteiger partial charge in [0.25, 0.3) is 0 Å². The Labute approximate surface area is 108 Å². The zero-order valence-electron chi connectivity index (χ0n) is 10.9. The molecule has 1 saturated carbocycles. The Morgan fingerprint density at radius 1 is 1.53 bits per heavy atom. The summed E-state index contributed by atoms with van der Waals surface area (Å²) in [6, 6.07) is 0.527. The molecule has 1 atom stereocenters. The third-order valence-electron chi connectivity index (χ3n) is 3.83. The highest BCUT2D eigenvalue weighted by Crippen LogP contribution is 2.30. The summed E-state index contributed by atoms with van der Waals surface area (Å²) in [5.74, 6) is 0.796. The molecule has 0 aliphatic heterocycles. The molecule has 2 N–H and O–H groups in total. The third kappa shape index (κ3) is 3.27. The predicted octanol–water partition coefficient (Wildman–Crippen LogP) is 2.40. The Morgan fingerprint density at radius 3 is 2.76 bits per heavy atom. The molecule has 0 spiro atoms. The number of nitrogens with zero attached hydrogens (tertiary/aromatic N) is 2. The zero-order valence-corrected chi connectivity index (χ0v) is 11.7. The van der Waals surface area contributed by atoms with Crippen molar-refractivity contribution in [3.8, 4) is 0 Å². The highest BCUT2D eigenvalue weighted by Gasteiger charge is 2.27. The number of hydrogen-bond acceptors (Lipinski definition) is 4. The molecule has 1 aliphatic rings. The van der Waals surface area contributed by atoms with Gasteiger partial charge in [-0.1, -0.05) is 12.8 Å². The maximum atomic E-state index is 5.95. The third-order valence-corrected chi connectivity index (χ3v) is 4.65. The van der Waals surface area contributed by atoms with Gasteiger partial charge in [-0.2, -0.15) is 0 Å². The SMILES string of the molecule is Cc1nc(CN(C)C(CN)C2CCCC2)cs1. The molecule has 2 rings (SSSR count). The fourth-order valence-corrected chi connectivity index (χ4v) is 3.53. The molecule has 4 heteroatoms. The van der Waals surface area contributed by atoms with E-state index in [0.29, 0.717) is 6.04 Å². The second-order valence-electron chi connectivity index (χ2n) is 5.12. The molecule has 1 fully saturated rings. The second kappa shape index (κ2) is 5.94. The van der Waals surface area contributed by atoms with Crippen molar-refractivity contribution >= 4 is 11.3 Å². The van der Waals surface area contributed by atoms with Crippen molar-refractivity contribution < 1.29 is 0 Å². The molecule has 1 aromatic rings. The summed E-state index contributed by atoms with van der Waals surface area (Å²) in [5, 5.41) is 3.31. The van der Waals surface area contributed by atoms with Crippen LogP contribution in [-0.4, -0.2) is 29.5 Å². The van der Waals surface area contributed by atoms with E-state index in [0.717, 1.165) is 24.0 Å². The maximum Gasteiger partial charge on any atom is 0.0897 e. The van der Waals surface area contributed by atoms with Crippen LogP contribution >= 0.6 is 11.3 Å². The van der Waals surface area contributed by atoms with E-state index in [-0.39, 0.29) is 0 Å². The highest BCUT2D eigenvalue weighted by atomic mass is 32.1.